The third-order valence-electron chi connectivity index (χ3n) is 13.1. The van der Waals surface area contributed by atoms with E-state index in [4.69, 9.17) is 28.9 Å². The minimum absolute atomic E-state index is 0.522. The Kier molecular flexibility index (Phi) is 20.7. The summed E-state index contributed by atoms with van der Waals surface area (Å²) < 4.78 is 26.7. The maximum Gasteiger partial charge on any atom is 0.343 e. The lowest BCUT2D eigenvalue weighted by atomic mass is 10.0. The van der Waals surface area contributed by atoms with Crippen LogP contribution in [0.25, 0.3) is 68.1 Å². The van der Waals surface area contributed by atoms with Gasteiger partial charge in [0.15, 0.2) is 0 Å². The molecule has 12 heteroatoms. The van der Waals surface area contributed by atoms with Gasteiger partial charge in [-0.15, -0.1) is 0 Å². The van der Waals surface area contributed by atoms with E-state index in [9.17, 15) is 19.8 Å². The van der Waals surface area contributed by atoms with Crippen molar-refractivity contribution in [2.45, 2.75) is 130 Å². The third kappa shape index (κ3) is 14.7. The SMILES string of the molecule is CCCCCCOc1cccc(OCCCCCC)c1-c1c2nc(cc3ccc([nH]3)c(-c3c(OCCCCCC)cccc3OCCCCCC)c3nc(cc4ccc1[nH]4)C(/C=C/C=C(C(=O)O)C(=O)O)=C3)C=C2. The smallest absolute Gasteiger partial charge is 0.343 e. The Morgan fingerprint density at radius 1 is 0.514 bits per heavy atom. The summed E-state index contributed by atoms with van der Waals surface area (Å²) in [5.41, 5.74) is 8.67. The first-order valence-electron chi connectivity index (χ1n) is 27.0. The van der Waals surface area contributed by atoms with Gasteiger partial charge in [0.05, 0.1) is 60.3 Å². The molecule has 0 fully saturated rings. The Morgan fingerprint density at radius 2 is 0.959 bits per heavy atom. The van der Waals surface area contributed by atoms with Crippen molar-refractivity contribution in [3.63, 3.8) is 0 Å². The molecule has 0 saturated heterocycles. The van der Waals surface area contributed by atoms with Gasteiger partial charge >= 0.3 is 11.9 Å². The predicted molar refractivity (Wildman–Crippen MR) is 300 cm³/mol. The van der Waals surface area contributed by atoms with Crippen LogP contribution in [-0.4, -0.2) is 68.5 Å². The summed E-state index contributed by atoms with van der Waals surface area (Å²) in [6.45, 7) is 11.0. The van der Waals surface area contributed by atoms with Gasteiger partial charge in [0.1, 0.15) is 28.6 Å². The van der Waals surface area contributed by atoms with E-state index in [0.717, 1.165) is 165 Å². The zero-order valence-electron chi connectivity index (χ0n) is 43.8. The van der Waals surface area contributed by atoms with Crippen molar-refractivity contribution in [3.8, 4) is 45.3 Å². The quantitative estimate of drug-likeness (QED) is 0.0112. The Hall–Kier alpha value is -7.34. The molecule has 2 aromatic carbocycles. The fraction of sp³-hybridized carbons (Fsp3) is 0.387. The molecule has 5 aromatic rings. The van der Waals surface area contributed by atoms with Gasteiger partial charge in [-0.3, -0.25) is 0 Å². The third-order valence-corrected chi connectivity index (χ3v) is 13.1. The second-order valence-electron chi connectivity index (χ2n) is 18.9. The fourth-order valence-electron chi connectivity index (χ4n) is 9.14. The van der Waals surface area contributed by atoms with Crippen molar-refractivity contribution in [2.75, 3.05) is 26.4 Å². The van der Waals surface area contributed by atoms with E-state index < -0.39 is 17.5 Å². The number of nitrogens with one attached hydrogen (secondary N) is 2. The number of H-pyrrole nitrogens is 2. The number of carboxylic acids is 2. The van der Waals surface area contributed by atoms with Crippen LogP contribution >= 0.6 is 0 Å². The van der Waals surface area contributed by atoms with Gasteiger partial charge in [-0.1, -0.05) is 129 Å². The molecule has 4 N–H and O–H groups in total. The first-order valence-corrected chi connectivity index (χ1v) is 27.0. The molecule has 0 saturated carbocycles. The number of ether oxygens (including phenoxy) is 4. The molecule has 0 atom stereocenters. The number of fused-ring (bicyclic) bond motifs is 8. The monoisotopic (exact) mass is 1000 g/mol. The number of aromatic amines is 2. The first kappa shape index (κ1) is 54.4. The van der Waals surface area contributed by atoms with Gasteiger partial charge in [-0.2, -0.15) is 0 Å². The highest BCUT2D eigenvalue weighted by Gasteiger charge is 2.24. The topological polar surface area (TPSA) is 169 Å². The first-order chi connectivity index (χ1) is 36.2. The number of hydrogen-bond donors (Lipinski definition) is 4. The number of aliphatic carboxylic acids is 2. The molecule has 2 aliphatic heterocycles. The highest BCUT2D eigenvalue weighted by molar-refractivity contribution is 6.12. The number of allylic oxidation sites excluding steroid dienone is 4. The largest absolute Gasteiger partial charge is 0.493 e. The Morgan fingerprint density at radius 3 is 1.41 bits per heavy atom. The molecule has 7 rings (SSSR count). The van der Waals surface area contributed by atoms with Crippen LogP contribution < -0.4 is 18.9 Å². The molecule has 3 aromatic heterocycles. The molecule has 2 aliphatic rings. The van der Waals surface area contributed by atoms with Gasteiger partial charge in [-0.05, 0) is 111 Å². The van der Waals surface area contributed by atoms with E-state index in [0.29, 0.717) is 66.4 Å². The second-order valence-corrected chi connectivity index (χ2v) is 18.9. The zero-order valence-corrected chi connectivity index (χ0v) is 43.8. The van der Waals surface area contributed by atoms with Crippen LogP contribution in [0.15, 0.2) is 96.6 Å². The van der Waals surface area contributed by atoms with E-state index in [-0.39, 0.29) is 0 Å². The van der Waals surface area contributed by atoms with Crippen molar-refractivity contribution in [1.29, 1.82) is 0 Å². The number of aromatic nitrogens is 4. The molecule has 0 aliphatic carbocycles. The molecule has 0 unspecified atom stereocenters. The summed E-state index contributed by atoms with van der Waals surface area (Å²) in [7, 11) is 0. The van der Waals surface area contributed by atoms with Crippen molar-refractivity contribution < 1.29 is 38.7 Å². The summed E-state index contributed by atoms with van der Waals surface area (Å²) >= 11 is 0. The lowest BCUT2D eigenvalue weighted by Gasteiger charge is -2.17. The van der Waals surface area contributed by atoms with Crippen LogP contribution in [0, 0.1) is 0 Å². The molecule has 0 amide bonds. The normalized spacial score (nSPS) is 12.0. The van der Waals surface area contributed by atoms with Gasteiger partial charge < -0.3 is 39.1 Å². The number of unbranched alkanes of at least 4 members (excludes halogenated alkanes) is 12. The van der Waals surface area contributed by atoms with Crippen LogP contribution in [0.3, 0.4) is 0 Å². The summed E-state index contributed by atoms with van der Waals surface area (Å²) in [4.78, 5) is 41.9. The molecule has 12 nitrogen and oxygen atoms in total. The maximum absolute atomic E-state index is 11.9. The van der Waals surface area contributed by atoms with E-state index in [1.807, 2.05) is 91.0 Å². The minimum atomic E-state index is -1.54. The average molecular weight is 1000 g/mol. The number of benzene rings is 2. The molecule has 5 heterocycles. The molecule has 390 valence electrons. The summed E-state index contributed by atoms with van der Waals surface area (Å²) in [5.74, 6) is -0.340. The Balaban J connectivity index is 1.50. The van der Waals surface area contributed by atoms with Crippen molar-refractivity contribution in [1.82, 2.24) is 19.9 Å². The zero-order chi connectivity index (χ0) is 52.1. The Bertz CT molecular complexity index is 2910. The van der Waals surface area contributed by atoms with E-state index in [1.165, 1.54) is 6.08 Å². The van der Waals surface area contributed by atoms with Crippen molar-refractivity contribution >= 4 is 57.8 Å². The molecular formula is C62H74N4O8. The van der Waals surface area contributed by atoms with Crippen LogP contribution in [-0.2, 0) is 9.59 Å². The van der Waals surface area contributed by atoms with E-state index in [1.54, 1.807) is 6.08 Å². The number of hydrogen-bond acceptors (Lipinski definition) is 8. The number of nitrogens with zero attached hydrogens (tertiary/aromatic N) is 2. The highest BCUT2D eigenvalue weighted by Crippen LogP contribution is 2.45. The van der Waals surface area contributed by atoms with Crippen molar-refractivity contribution in [3.05, 3.63) is 119 Å². The van der Waals surface area contributed by atoms with Crippen LogP contribution in [0.1, 0.15) is 153 Å². The summed E-state index contributed by atoms with van der Waals surface area (Å²) in [5, 5.41) is 19.4. The Labute approximate surface area is 436 Å². The molecule has 0 spiro atoms. The highest BCUT2D eigenvalue weighted by atomic mass is 16.5. The number of rotatable bonds is 30. The van der Waals surface area contributed by atoms with E-state index in [2.05, 4.69) is 37.7 Å². The standard InChI is InChI=1S/C62H74N4O8/c1-5-9-13-17-36-71-53-26-22-27-54(72-37-18-14-10-6-2)59(53)57-48-33-30-44(63-48)41-45-31-34-50(64-45)58(60-55(73-38-19-15-11-7-3)28-23-29-56(60)74-39-20-16-12-8-4)52-40-43(24-21-25-47(61(67)68)62(69)70)51(66-52)42-46-32-35-49(57)65-46/h21-35,40-42,64-65H,5-20,36-39H2,1-4H3,(H,67,68)(H,69,70)/b24-21+,44-41?,45-41?,46-42?,51-42?,57-48?,57-49?,58-50?,58-52?. The maximum atomic E-state index is 11.9. The molecule has 0 radical (unpaired) electrons. The number of carbonyl (C=O) groups is 2. The molecule has 8 bridgehead atoms. The van der Waals surface area contributed by atoms with Gasteiger partial charge in [0.25, 0.3) is 0 Å². The number of carboxylic acid groups (broad SMARTS) is 2. The predicted octanol–water partition coefficient (Wildman–Crippen LogP) is 15.8. The van der Waals surface area contributed by atoms with Crippen molar-refractivity contribution in [2.24, 2.45) is 0 Å². The van der Waals surface area contributed by atoms with E-state index >= 15 is 0 Å². The summed E-state index contributed by atoms with van der Waals surface area (Å²) in [6, 6.07) is 24.0. The molecule has 74 heavy (non-hydrogen) atoms. The fourth-order valence-corrected chi connectivity index (χ4v) is 9.14. The lowest BCUT2D eigenvalue weighted by Crippen LogP contribution is -2.10. The molecular weight excluding hydrogens is 929 g/mol. The van der Waals surface area contributed by atoms with Crippen LogP contribution in [0.2, 0.25) is 0 Å². The summed E-state index contributed by atoms with van der Waals surface area (Å²) in [6.07, 6.45) is 27.1. The minimum Gasteiger partial charge on any atom is -0.493 e. The average Bonchev–Trinajstić information content (AvgIpc) is 4.23. The van der Waals surface area contributed by atoms with Gasteiger partial charge in [0, 0.05) is 38.8 Å². The van der Waals surface area contributed by atoms with Gasteiger partial charge in [-0.25, -0.2) is 19.6 Å². The second kappa shape index (κ2) is 28.2. The van der Waals surface area contributed by atoms with Crippen LogP contribution in [0.4, 0.5) is 0 Å². The van der Waals surface area contributed by atoms with Crippen LogP contribution in [0.5, 0.6) is 23.0 Å². The van der Waals surface area contributed by atoms with Gasteiger partial charge in [0.2, 0.25) is 0 Å². The lowest BCUT2D eigenvalue weighted by molar-refractivity contribution is -0.140.